The van der Waals surface area contributed by atoms with Crippen molar-refractivity contribution < 1.29 is 14.6 Å². The van der Waals surface area contributed by atoms with Crippen LogP contribution in [0.25, 0.3) is 0 Å². The second kappa shape index (κ2) is 4.10. The lowest BCUT2D eigenvalue weighted by molar-refractivity contribution is -0.143. The summed E-state index contributed by atoms with van der Waals surface area (Å²) in [5, 5.41) is 10.2. The third kappa shape index (κ3) is 1.89. The highest BCUT2D eigenvalue weighted by molar-refractivity contribution is 5.83. The van der Waals surface area contributed by atoms with Gasteiger partial charge in [0.2, 0.25) is 5.91 Å². The normalized spacial score (nSPS) is 37.4. The maximum absolute atomic E-state index is 12.3. The summed E-state index contributed by atoms with van der Waals surface area (Å²) in [5.41, 5.74) is -0.132. The summed E-state index contributed by atoms with van der Waals surface area (Å²) in [4.78, 5) is 14.0. The zero-order chi connectivity index (χ0) is 12.8. The highest BCUT2D eigenvalue weighted by Crippen LogP contribution is 2.40. The Morgan fingerprint density at radius 3 is 2.76 bits per heavy atom. The van der Waals surface area contributed by atoms with Gasteiger partial charge in [0, 0.05) is 5.41 Å². The van der Waals surface area contributed by atoms with Crippen LogP contribution in [0.5, 0.6) is 0 Å². The molecule has 4 heteroatoms. The largest absolute Gasteiger partial charge is 0.390 e. The molecule has 0 aromatic heterocycles. The molecule has 17 heavy (non-hydrogen) atoms. The summed E-state index contributed by atoms with van der Waals surface area (Å²) in [6, 6.07) is -0.184. The maximum atomic E-state index is 12.3. The Bertz CT molecular complexity index is 334. The van der Waals surface area contributed by atoms with Gasteiger partial charge in [-0.05, 0) is 6.42 Å². The van der Waals surface area contributed by atoms with Crippen LogP contribution in [0, 0.1) is 11.3 Å². The van der Waals surface area contributed by atoms with Crippen LogP contribution in [0.4, 0.5) is 0 Å². The Kier molecular flexibility index (Phi) is 3.04. The van der Waals surface area contributed by atoms with Crippen LogP contribution in [0.15, 0.2) is 12.7 Å². The molecule has 0 radical (unpaired) electrons. The summed E-state index contributed by atoms with van der Waals surface area (Å²) >= 11 is 0. The lowest BCUT2D eigenvalue weighted by atomic mass is 9.93. The van der Waals surface area contributed by atoms with E-state index in [4.69, 9.17) is 4.74 Å². The van der Waals surface area contributed by atoms with Crippen molar-refractivity contribution in [1.29, 1.82) is 0 Å². The van der Waals surface area contributed by atoms with E-state index in [1.807, 2.05) is 20.8 Å². The minimum absolute atomic E-state index is 0.000162. The van der Waals surface area contributed by atoms with Crippen molar-refractivity contribution in [3.05, 3.63) is 12.7 Å². The predicted molar refractivity (Wildman–Crippen MR) is 64.1 cm³/mol. The first-order valence-electron chi connectivity index (χ1n) is 6.10. The lowest BCUT2D eigenvalue weighted by Crippen LogP contribution is -2.44. The van der Waals surface area contributed by atoms with Crippen molar-refractivity contribution in [2.45, 2.75) is 45.6 Å². The lowest BCUT2D eigenvalue weighted by Gasteiger charge is -2.33. The summed E-state index contributed by atoms with van der Waals surface area (Å²) < 4.78 is 5.67. The minimum atomic E-state index is -0.632. The van der Waals surface area contributed by atoms with Crippen molar-refractivity contribution in [2.75, 3.05) is 6.61 Å². The Hall–Kier alpha value is -0.870. The van der Waals surface area contributed by atoms with E-state index in [0.29, 0.717) is 13.0 Å². The summed E-state index contributed by atoms with van der Waals surface area (Å²) in [7, 11) is 0. The van der Waals surface area contributed by atoms with Gasteiger partial charge in [-0.1, -0.05) is 26.8 Å². The highest BCUT2D eigenvalue weighted by Gasteiger charge is 2.55. The van der Waals surface area contributed by atoms with E-state index >= 15 is 0 Å². The quantitative estimate of drug-likeness (QED) is 0.735. The van der Waals surface area contributed by atoms with Crippen molar-refractivity contribution in [3.8, 4) is 0 Å². The van der Waals surface area contributed by atoms with Crippen molar-refractivity contribution in [1.82, 2.24) is 4.90 Å². The predicted octanol–water partition coefficient (Wildman–Crippen LogP) is 1.15. The fourth-order valence-electron chi connectivity index (χ4n) is 2.76. The number of carbonyl (C=O) groups excluding carboxylic acids is 1. The summed E-state index contributed by atoms with van der Waals surface area (Å²) in [6.07, 6.45) is 1.36. The van der Waals surface area contributed by atoms with Crippen LogP contribution in [-0.2, 0) is 9.53 Å². The topological polar surface area (TPSA) is 49.8 Å². The van der Waals surface area contributed by atoms with Crippen molar-refractivity contribution in [3.63, 3.8) is 0 Å². The monoisotopic (exact) mass is 239 g/mol. The Morgan fingerprint density at radius 1 is 1.59 bits per heavy atom. The number of fused-ring (bicyclic) bond motifs is 1. The molecule has 0 spiro atoms. The number of carbonyl (C=O) groups is 1. The van der Waals surface area contributed by atoms with Crippen molar-refractivity contribution in [2.24, 2.45) is 11.3 Å². The number of amides is 1. The second-order valence-electron chi connectivity index (χ2n) is 5.99. The first kappa shape index (κ1) is 12.6. The van der Waals surface area contributed by atoms with Gasteiger partial charge in [-0.2, -0.15) is 0 Å². The van der Waals surface area contributed by atoms with E-state index in [2.05, 4.69) is 6.58 Å². The minimum Gasteiger partial charge on any atom is -0.390 e. The number of rotatable bonds is 2. The van der Waals surface area contributed by atoms with Crippen LogP contribution >= 0.6 is 0 Å². The smallest absolute Gasteiger partial charge is 0.231 e. The van der Waals surface area contributed by atoms with Gasteiger partial charge >= 0.3 is 0 Å². The molecule has 4 nitrogen and oxygen atoms in total. The molecule has 96 valence electrons. The van der Waals surface area contributed by atoms with Gasteiger partial charge in [-0.15, -0.1) is 6.58 Å². The van der Waals surface area contributed by atoms with E-state index in [-0.39, 0.29) is 29.5 Å². The molecule has 4 atom stereocenters. The highest BCUT2D eigenvalue weighted by atomic mass is 16.5. The molecule has 2 aliphatic heterocycles. The Morgan fingerprint density at radius 2 is 2.24 bits per heavy atom. The van der Waals surface area contributed by atoms with Gasteiger partial charge in [-0.25, -0.2) is 0 Å². The molecule has 0 bridgehead atoms. The summed E-state index contributed by atoms with van der Waals surface area (Å²) in [6.45, 7) is 10.2. The molecule has 0 aromatic rings. The first-order valence-corrected chi connectivity index (χ1v) is 6.10. The van der Waals surface area contributed by atoms with Gasteiger partial charge in [0.1, 0.15) is 6.23 Å². The molecule has 0 unspecified atom stereocenters. The second-order valence-corrected chi connectivity index (χ2v) is 5.99. The molecular weight excluding hydrogens is 218 g/mol. The number of ether oxygens (including phenoxy) is 1. The Balaban J connectivity index is 2.24. The maximum Gasteiger partial charge on any atom is 0.231 e. The standard InChI is InChI=1S/C13H21NO3/c1-5-6-8-10(15)9-7-17-12(13(2,3)4)14(9)11(8)16/h5,8-10,12,15H,1,6-7H2,2-4H3/t8-,9-,10+,12-/m1/s1. The molecule has 0 aromatic carbocycles. The Labute approximate surface area is 102 Å². The van der Waals surface area contributed by atoms with Gasteiger partial charge in [0.05, 0.1) is 24.7 Å². The van der Waals surface area contributed by atoms with E-state index in [1.165, 1.54) is 0 Å². The van der Waals surface area contributed by atoms with Crippen molar-refractivity contribution >= 4 is 5.91 Å². The van der Waals surface area contributed by atoms with Crippen LogP contribution in [-0.4, -0.2) is 40.9 Å². The molecule has 2 fully saturated rings. The molecule has 2 rings (SSSR count). The molecule has 2 saturated heterocycles. The molecule has 2 aliphatic rings. The van der Waals surface area contributed by atoms with Crippen LogP contribution in [0.1, 0.15) is 27.2 Å². The SMILES string of the molecule is C=CC[C@H]1C(=O)N2[C@H](CO[C@@H]2C(C)(C)C)[C@H]1O. The average molecular weight is 239 g/mol. The van der Waals surface area contributed by atoms with E-state index in [0.717, 1.165) is 0 Å². The van der Waals surface area contributed by atoms with Gasteiger partial charge in [0.25, 0.3) is 0 Å². The number of hydrogen-bond donors (Lipinski definition) is 1. The fraction of sp³-hybridized carbons (Fsp3) is 0.769. The van der Waals surface area contributed by atoms with Crippen LogP contribution in [0.3, 0.4) is 0 Å². The van der Waals surface area contributed by atoms with Crippen LogP contribution in [0.2, 0.25) is 0 Å². The third-order valence-corrected chi connectivity index (χ3v) is 3.57. The number of aliphatic hydroxyl groups excluding tert-OH is 1. The molecule has 2 heterocycles. The van der Waals surface area contributed by atoms with Gasteiger partial charge in [0.15, 0.2) is 0 Å². The molecular formula is C13H21NO3. The van der Waals surface area contributed by atoms with Gasteiger partial charge < -0.3 is 14.7 Å². The molecule has 1 N–H and O–H groups in total. The van der Waals surface area contributed by atoms with Gasteiger partial charge in [-0.3, -0.25) is 4.79 Å². The fourth-order valence-corrected chi connectivity index (χ4v) is 2.76. The van der Waals surface area contributed by atoms with E-state index in [9.17, 15) is 9.90 Å². The molecule has 0 aliphatic carbocycles. The number of nitrogens with zero attached hydrogens (tertiary/aromatic N) is 1. The molecule has 1 amide bonds. The average Bonchev–Trinajstić information content (AvgIpc) is 2.74. The zero-order valence-electron chi connectivity index (χ0n) is 10.7. The third-order valence-electron chi connectivity index (χ3n) is 3.57. The number of aliphatic hydroxyl groups is 1. The summed E-state index contributed by atoms with van der Waals surface area (Å²) in [5.74, 6) is -0.342. The zero-order valence-corrected chi connectivity index (χ0v) is 10.7. The number of hydrogen-bond acceptors (Lipinski definition) is 3. The van der Waals surface area contributed by atoms with Crippen LogP contribution < -0.4 is 0 Å². The van der Waals surface area contributed by atoms with E-state index < -0.39 is 6.10 Å². The van der Waals surface area contributed by atoms with E-state index in [1.54, 1.807) is 11.0 Å². The first-order chi connectivity index (χ1) is 7.88. The number of allylic oxidation sites excluding steroid dienone is 1. The molecule has 0 saturated carbocycles.